The molecule has 0 bridgehead atoms. The van der Waals surface area contributed by atoms with E-state index in [1.807, 2.05) is 17.0 Å². The topological polar surface area (TPSA) is 80.8 Å². The highest BCUT2D eigenvalue weighted by Gasteiger charge is 2.31. The molecule has 1 amide bonds. The number of carbonyl (C=O) groups is 1. The number of aliphatic imine (C=N–C) groups is 1. The van der Waals surface area contributed by atoms with E-state index < -0.39 is 0 Å². The Labute approximate surface area is 227 Å². The minimum atomic E-state index is -0.145. The van der Waals surface area contributed by atoms with Crippen molar-refractivity contribution in [2.45, 2.75) is 58.0 Å². The molecule has 1 aromatic carbocycles. The van der Waals surface area contributed by atoms with Crippen LogP contribution in [0.3, 0.4) is 0 Å². The van der Waals surface area contributed by atoms with E-state index in [1.54, 1.807) is 17.5 Å². The molecule has 1 atom stereocenters. The van der Waals surface area contributed by atoms with E-state index in [0.717, 1.165) is 66.1 Å². The average molecular weight is 530 g/mol. The van der Waals surface area contributed by atoms with Crippen LogP contribution >= 0.6 is 11.3 Å². The molecular formula is C30H35N5O2S. The Morgan fingerprint density at radius 1 is 1.11 bits per heavy atom. The fourth-order valence-corrected chi connectivity index (χ4v) is 6.80. The highest BCUT2D eigenvalue weighted by molar-refractivity contribution is 7.09. The SMILES string of the molecule is C[C@@H](Cc1cccs1)Nc1cc[nH]c(=O)c1C1=Nc2cc3c(cc2C1)C(=O)N(CCCCN1CCCC1)C3. The summed E-state index contributed by atoms with van der Waals surface area (Å²) in [7, 11) is 0. The van der Waals surface area contributed by atoms with Gasteiger partial charge in [-0.25, -0.2) is 0 Å². The molecular weight excluding hydrogens is 494 g/mol. The second-order valence-electron chi connectivity index (χ2n) is 10.8. The van der Waals surface area contributed by atoms with Crippen molar-refractivity contribution in [2.24, 2.45) is 4.99 Å². The summed E-state index contributed by atoms with van der Waals surface area (Å²) in [6.45, 7) is 7.17. The summed E-state index contributed by atoms with van der Waals surface area (Å²) in [4.78, 5) is 39.7. The van der Waals surface area contributed by atoms with E-state index in [2.05, 4.69) is 45.7 Å². The highest BCUT2D eigenvalue weighted by Crippen LogP contribution is 2.36. The standard InChI is InChI=1S/C30H35N5O2S/c1-20(15-23-7-6-14-38-23)32-25-8-9-31-29(36)28(25)27-17-21-16-24-22(18-26(21)33-27)19-35(30(24)37)13-5-4-12-34-10-2-3-11-34/h6-9,14,16,18,20H,2-5,10-13,15,17,19H2,1H3,(H2,31,32,36)/t20-/m0/s1. The molecule has 38 heavy (non-hydrogen) atoms. The molecule has 8 heteroatoms. The number of nitrogens with zero attached hydrogens (tertiary/aromatic N) is 3. The van der Waals surface area contributed by atoms with Gasteiger partial charge in [-0.1, -0.05) is 6.07 Å². The van der Waals surface area contributed by atoms with Crippen LogP contribution in [0.25, 0.3) is 0 Å². The fourth-order valence-electron chi connectivity index (χ4n) is 5.97. The van der Waals surface area contributed by atoms with Gasteiger partial charge >= 0.3 is 0 Å². The quantitative estimate of drug-likeness (QED) is 0.363. The molecule has 0 radical (unpaired) electrons. The zero-order valence-corrected chi connectivity index (χ0v) is 22.8. The maximum atomic E-state index is 13.2. The van der Waals surface area contributed by atoms with Gasteiger partial charge in [0.2, 0.25) is 0 Å². The Morgan fingerprint density at radius 2 is 1.95 bits per heavy atom. The van der Waals surface area contributed by atoms with Crippen LogP contribution in [-0.4, -0.2) is 58.6 Å². The van der Waals surface area contributed by atoms with Crippen molar-refractivity contribution in [3.63, 3.8) is 0 Å². The maximum absolute atomic E-state index is 13.2. The molecule has 3 aliphatic heterocycles. The molecule has 3 aliphatic rings. The number of aromatic nitrogens is 1. The number of likely N-dealkylation sites (tertiary alicyclic amines) is 1. The first-order valence-electron chi connectivity index (χ1n) is 13.8. The lowest BCUT2D eigenvalue weighted by molar-refractivity contribution is 0.0774. The summed E-state index contributed by atoms with van der Waals surface area (Å²) in [6.07, 6.45) is 7.93. The number of hydrogen-bond acceptors (Lipinski definition) is 6. The molecule has 1 fully saturated rings. The van der Waals surface area contributed by atoms with Gasteiger partial charge in [-0.05, 0) is 93.0 Å². The lowest BCUT2D eigenvalue weighted by atomic mass is 10.00. The van der Waals surface area contributed by atoms with Gasteiger partial charge in [0.1, 0.15) is 0 Å². The van der Waals surface area contributed by atoms with Crippen molar-refractivity contribution < 1.29 is 4.79 Å². The van der Waals surface area contributed by atoms with Gasteiger partial charge in [-0.15, -0.1) is 11.3 Å². The maximum Gasteiger partial charge on any atom is 0.259 e. The van der Waals surface area contributed by atoms with Crippen LogP contribution in [-0.2, 0) is 19.4 Å². The van der Waals surface area contributed by atoms with E-state index >= 15 is 0 Å². The van der Waals surface area contributed by atoms with Crippen LogP contribution in [0.5, 0.6) is 0 Å². The summed E-state index contributed by atoms with van der Waals surface area (Å²) in [5.41, 5.74) is 5.73. The van der Waals surface area contributed by atoms with Crippen LogP contribution < -0.4 is 10.9 Å². The van der Waals surface area contributed by atoms with E-state index in [9.17, 15) is 9.59 Å². The van der Waals surface area contributed by atoms with E-state index in [4.69, 9.17) is 4.99 Å². The van der Waals surface area contributed by atoms with Gasteiger partial charge in [0.15, 0.2) is 0 Å². The number of aromatic amines is 1. The molecule has 7 nitrogen and oxygen atoms in total. The molecule has 3 aromatic rings. The number of benzene rings is 1. The van der Waals surface area contributed by atoms with E-state index in [0.29, 0.717) is 18.5 Å². The van der Waals surface area contributed by atoms with Crippen molar-refractivity contribution >= 4 is 34.3 Å². The third-order valence-corrected chi connectivity index (χ3v) is 8.79. The number of unbranched alkanes of at least 4 members (excludes halogenated alkanes) is 1. The second-order valence-corrected chi connectivity index (χ2v) is 11.8. The Morgan fingerprint density at radius 3 is 2.76 bits per heavy atom. The number of rotatable bonds is 10. The summed E-state index contributed by atoms with van der Waals surface area (Å²) >= 11 is 1.74. The number of pyridine rings is 1. The molecule has 0 aliphatic carbocycles. The molecule has 6 rings (SSSR count). The van der Waals surface area contributed by atoms with Gasteiger partial charge in [-0.3, -0.25) is 14.6 Å². The predicted octanol–water partition coefficient (Wildman–Crippen LogP) is 4.99. The van der Waals surface area contributed by atoms with Crippen molar-refractivity contribution in [1.29, 1.82) is 0 Å². The first-order chi connectivity index (χ1) is 18.5. The lowest BCUT2D eigenvalue weighted by Gasteiger charge is -2.18. The zero-order chi connectivity index (χ0) is 26.1. The first kappa shape index (κ1) is 25.1. The molecule has 0 unspecified atom stereocenters. The molecule has 198 valence electrons. The summed E-state index contributed by atoms with van der Waals surface area (Å²) in [5.74, 6) is 0.125. The average Bonchev–Trinajstić information content (AvgIpc) is 3.70. The summed E-state index contributed by atoms with van der Waals surface area (Å²) < 4.78 is 0. The molecule has 2 N–H and O–H groups in total. The van der Waals surface area contributed by atoms with Crippen molar-refractivity contribution in [3.8, 4) is 0 Å². The number of nitrogens with one attached hydrogen (secondary N) is 2. The van der Waals surface area contributed by atoms with E-state index in [-0.39, 0.29) is 17.5 Å². The predicted molar refractivity (Wildman–Crippen MR) is 154 cm³/mol. The Hall–Kier alpha value is -3.23. The number of carbonyl (C=O) groups excluding carboxylic acids is 1. The number of hydrogen-bond donors (Lipinski definition) is 2. The molecule has 1 saturated heterocycles. The third kappa shape index (κ3) is 5.20. The minimum absolute atomic E-state index is 0.125. The Bertz CT molecular complexity index is 1400. The Balaban J connectivity index is 1.14. The summed E-state index contributed by atoms with van der Waals surface area (Å²) in [5, 5.41) is 5.62. The lowest BCUT2D eigenvalue weighted by Crippen LogP contribution is -2.26. The van der Waals surface area contributed by atoms with Gasteiger partial charge in [0.05, 0.1) is 22.6 Å². The molecule has 0 saturated carbocycles. The Kier molecular flexibility index (Phi) is 7.17. The second kappa shape index (κ2) is 10.9. The molecule has 5 heterocycles. The van der Waals surface area contributed by atoms with Crippen molar-refractivity contribution in [2.75, 3.05) is 31.5 Å². The monoisotopic (exact) mass is 529 g/mol. The van der Waals surface area contributed by atoms with Crippen LogP contribution in [0, 0.1) is 0 Å². The van der Waals surface area contributed by atoms with E-state index in [1.165, 1.54) is 30.8 Å². The molecule has 0 spiro atoms. The van der Waals surface area contributed by atoms with Crippen LogP contribution in [0.2, 0.25) is 0 Å². The van der Waals surface area contributed by atoms with Gasteiger partial charge in [0.25, 0.3) is 11.5 Å². The highest BCUT2D eigenvalue weighted by atomic mass is 32.1. The summed E-state index contributed by atoms with van der Waals surface area (Å²) in [6, 6.07) is 10.3. The number of H-pyrrole nitrogens is 1. The van der Waals surface area contributed by atoms with Crippen molar-refractivity contribution in [1.82, 2.24) is 14.8 Å². The smallest absolute Gasteiger partial charge is 0.259 e. The number of fused-ring (bicyclic) bond motifs is 2. The normalized spacial score (nSPS) is 17.6. The number of thiophene rings is 1. The van der Waals surface area contributed by atoms with Crippen LogP contribution in [0.1, 0.15) is 64.5 Å². The molecule has 2 aromatic heterocycles. The van der Waals surface area contributed by atoms with Gasteiger partial charge in [-0.2, -0.15) is 0 Å². The third-order valence-electron chi connectivity index (χ3n) is 7.89. The van der Waals surface area contributed by atoms with Crippen LogP contribution in [0.4, 0.5) is 11.4 Å². The fraction of sp³-hybridized carbons (Fsp3) is 0.433. The zero-order valence-electron chi connectivity index (χ0n) is 22.0. The van der Waals surface area contributed by atoms with Gasteiger partial charge < -0.3 is 20.1 Å². The van der Waals surface area contributed by atoms with Crippen molar-refractivity contribution in [3.05, 3.63) is 79.4 Å². The van der Waals surface area contributed by atoms with Crippen LogP contribution in [0.15, 0.2) is 51.7 Å². The first-order valence-corrected chi connectivity index (χ1v) is 14.7. The number of anilines is 1. The van der Waals surface area contributed by atoms with Gasteiger partial charge in [0, 0.05) is 48.6 Å². The minimum Gasteiger partial charge on any atom is -0.381 e. The number of amides is 1. The largest absolute Gasteiger partial charge is 0.381 e.